The molecule has 0 aliphatic rings. The fraction of sp³-hybridized carbons (Fsp3) is 0.400. The summed E-state index contributed by atoms with van der Waals surface area (Å²) in [6, 6.07) is 0. The molecule has 0 amide bonds. The van der Waals surface area contributed by atoms with Gasteiger partial charge in [0.2, 0.25) is 0 Å². The monoisotopic (exact) mass is 99.1 g/mol. The van der Waals surface area contributed by atoms with Crippen LogP contribution in [0.2, 0.25) is 0 Å². The van der Waals surface area contributed by atoms with Gasteiger partial charge >= 0.3 is 0 Å². The van der Waals surface area contributed by atoms with Crippen molar-refractivity contribution in [2.45, 2.75) is 6.92 Å². The zero-order valence-corrected chi connectivity index (χ0v) is 4.59. The molecule has 0 radical (unpaired) electrons. The van der Waals surface area contributed by atoms with Gasteiger partial charge in [-0.15, -0.1) is 0 Å². The first-order valence-corrected chi connectivity index (χ1v) is 2.09. The minimum Gasteiger partial charge on any atom is -0.454 e. The Hall–Kier alpha value is -0.790. The molecule has 0 saturated carbocycles. The summed E-state index contributed by atoms with van der Waals surface area (Å²) in [6.45, 7) is 1.88. The summed E-state index contributed by atoms with van der Waals surface area (Å²) in [4.78, 5) is 3.57. The van der Waals surface area contributed by atoms with Crippen LogP contribution in [0.15, 0.2) is 17.3 Å². The Labute approximate surface area is 43.5 Å². The topological polar surface area (TPSA) is 21.6 Å². The van der Waals surface area contributed by atoms with E-state index in [4.69, 9.17) is 0 Å². The van der Waals surface area contributed by atoms with Crippen LogP contribution >= 0.6 is 0 Å². The van der Waals surface area contributed by atoms with E-state index in [0.717, 1.165) is 0 Å². The molecule has 0 aliphatic heterocycles. The van der Waals surface area contributed by atoms with Crippen LogP contribution in [-0.4, -0.2) is 13.4 Å². The molecule has 0 bridgehead atoms. The summed E-state index contributed by atoms with van der Waals surface area (Å²) >= 11 is 0. The van der Waals surface area contributed by atoms with E-state index in [1.54, 1.807) is 19.4 Å². The Morgan fingerprint density at radius 3 is 2.71 bits per heavy atom. The lowest BCUT2D eigenvalue weighted by molar-refractivity contribution is 0.492. The molecule has 0 saturated heterocycles. The van der Waals surface area contributed by atoms with Gasteiger partial charge in [0.1, 0.15) is 0 Å². The third-order valence-electron chi connectivity index (χ3n) is 0.381. The highest BCUT2D eigenvalue weighted by Crippen LogP contribution is 1.68. The van der Waals surface area contributed by atoms with Crippen molar-refractivity contribution in [1.29, 1.82) is 0 Å². The summed E-state index contributed by atoms with van der Waals surface area (Å²) in [5, 5.41) is 0. The molecule has 0 heterocycles. The summed E-state index contributed by atoms with van der Waals surface area (Å²) in [5.74, 6) is 0. The summed E-state index contributed by atoms with van der Waals surface area (Å²) in [5.41, 5.74) is 0. The van der Waals surface area contributed by atoms with Gasteiger partial charge in [0.15, 0.2) is 6.40 Å². The highest BCUT2D eigenvalue weighted by molar-refractivity contribution is 5.46. The minimum atomic E-state index is 1.38. The minimum absolute atomic E-state index is 1.38. The Morgan fingerprint density at radius 1 is 1.57 bits per heavy atom. The number of aliphatic imine (C=N–C) groups is 1. The number of hydrogen-bond acceptors (Lipinski definition) is 2. The van der Waals surface area contributed by atoms with Crippen molar-refractivity contribution in [2.24, 2.45) is 4.99 Å². The molecule has 0 fully saturated rings. The van der Waals surface area contributed by atoms with Gasteiger partial charge in [-0.05, 0) is 6.92 Å². The van der Waals surface area contributed by atoms with Crippen LogP contribution in [0, 0.1) is 0 Å². The van der Waals surface area contributed by atoms with Crippen molar-refractivity contribution in [3.8, 4) is 0 Å². The zero-order valence-electron chi connectivity index (χ0n) is 4.59. The predicted molar refractivity (Wildman–Crippen MR) is 30.3 cm³/mol. The van der Waals surface area contributed by atoms with Crippen molar-refractivity contribution in [3.63, 3.8) is 0 Å². The van der Waals surface area contributed by atoms with Gasteiger partial charge in [0.25, 0.3) is 0 Å². The normalized spacial score (nSPS) is 11.1. The maximum absolute atomic E-state index is 4.66. The van der Waals surface area contributed by atoms with Crippen molar-refractivity contribution in [3.05, 3.63) is 12.3 Å². The van der Waals surface area contributed by atoms with E-state index in [-0.39, 0.29) is 0 Å². The number of hydrogen-bond donors (Lipinski definition) is 0. The van der Waals surface area contributed by atoms with Gasteiger partial charge in [-0.1, -0.05) is 6.08 Å². The lowest BCUT2D eigenvalue weighted by Gasteiger charge is -1.81. The SMILES string of the molecule is C/C=C\O/C=N\C. The second-order valence-electron chi connectivity index (χ2n) is 0.969. The molecule has 0 rings (SSSR count). The maximum Gasteiger partial charge on any atom is 0.175 e. The summed E-state index contributed by atoms with van der Waals surface area (Å²) < 4.78 is 4.66. The number of allylic oxidation sites excluding steroid dienone is 1. The van der Waals surface area contributed by atoms with E-state index in [9.17, 15) is 0 Å². The van der Waals surface area contributed by atoms with Crippen LogP contribution in [0.25, 0.3) is 0 Å². The molecular formula is C5H9NO. The first-order chi connectivity index (χ1) is 3.41. The Balaban J connectivity index is 2.98. The molecule has 40 valence electrons. The average Bonchev–Trinajstić information content (AvgIpc) is 1.69. The second-order valence-corrected chi connectivity index (χ2v) is 0.969. The van der Waals surface area contributed by atoms with Crippen molar-refractivity contribution in [1.82, 2.24) is 0 Å². The zero-order chi connectivity index (χ0) is 5.54. The van der Waals surface area contributed by atoms with Crippen molar-refractivity contribution >= 4 is 6.40 Å². The summed E-state index contributed by atoms with van der Waals surface area (Å²) in [7, 11) is 1.66. The lowest BCUT2D eigenvalue weighted by atomic mass is 10.7. The van der Waals surface area contributed by atoms with E-state index in [1.165, 1.54) is 6.40 Å². The van der Waals surface area contributed by atoms with Crippen LogP contribution in [0.5, 0.6) is 0 Å². The highest BCUT2D eigenvalue weighted by Gasteiger charge is 1.58. The molecule has 0 aromatic carbocycles. The Kier molecular flexibility index (Phi) is 4.62. The van der Waals surface area contributed by atoms with Crippen LogP contribution < -0.4 is 0 Å². The number of rotatable bonds is 2. The fourth-order valence-electron chi connectivity index (χ4n) is 0.175. The molecule has 0 spiro atoms. The van der Waals surface area contributed by atoms with Gasteiger partial charge in [-0.3, -0.25) is 4.99 Å². The smallest absolute Gasteiger partial charge is 0.175 e. The second kappa shape index (κ2) is 5.21. The third kappa shape index (κ3) is 5.21. The number of nitrogens with zero attached hydrogens (tertiary/aromatic N) is 1. The largest absolute Gasteiger partial charge is 0.454 e. The van der Waals surface area contributed by atoms with Crippen LogP contribution in [-0.2, 0) is 4.74 Å². The molecule has 0 aromatic heterocycles. The van der Waals surface area contributed by atoms with Gasteiger partial charge < -0.3 is 4.74 Å². The van der Waals surface area contributed by atoms with Gasteiger partial charge in [-0.2, -0.15) is 0 Å². The van der Waals surface area contributed by atoms with Crippen LogP contribution in [0.3, 0.4) is 0 Å². The molecule has 0 N–H and O–H groups in total. The standard InChI is InChI=1S/C5H9NO/c1-3-4-7-5-6-2/h3-5H,1-2H3/b4-3-,6-5-. The molecule has 0 aliphatic carbocycles. The van der Waals surface area contributed by atoms with Crippen molar-refractivity contribution in [2.75, 3.05) is 7.05 Å². The highest BCUT2D eigenvalue weighted by atomic mass is 16.5. The molecule has 0 atom stereocenters. The van der Waals surface area contributed by atoms with E-state index in [0.29, 0.717) is 0 Å². The van der Waals surface area contributed by atoms with Crippen molar-refractivity contribution < 1.29 is 4.74 Å². The van der Waals surface area contributed by atoms with Gasteiger partial charge in [0, 0.05) is 7.05 Å². The molecule has 2 heteroatoms. The fourth-order valence-corrected chi connectivity index (χ4v) is 0.175. The molecule has 7 heavy (non-hydrogen) atoms. The maximum atomic E-state index is 4.66. The third-order valence-corrected chi connectivity index (χ3v) is 0.381. The average molecular weight is 99.1 g/mol. The molecule has 0 unspecified atom stereocenters. The number of ether oxygens (including phenoxy) is 1. The summed E-state index contributed by atoms with van der Waals surface area (Å²) in [6.07, 6.45) is 4.73. The first kappa shape index (κ1) is 6.21. The van der Waals surface area contributed by atoms with E-state index in [2.05, 4.69) is 9.73 Å². The molecule has 0 aromatic rings. The van der Waals surface area contributed by atoms with E-state index in [1.807, 2.05) is 6.92 Å². The lowest BCUT2D eigenvalue weighted by Crippen LogP contribution is -1.71. The Morgan fingerprint density at radius 2 is 2.29 bits per heavy atom. The van der Waals surface area contributed by atoms with Gasteiger partial charge in [-0.25, -0.2) is 0 Å². The quantitative estimate of drug-likeness (QED) is 0.289. The van der Waals surface area contributed by atoms with Crippen LogP contribution in [0.4, 0.5) is 0 Å². The molecular weight excluding hydrogens is 90.1 g/mol. The predicted octanol–water partition coefficient (Wildman–Crippen LogP) is 1.19. The van der Waals surface area contributed by atoms with E-state index < -0.39 is 0 Å². The van der Waals surface area contributed by atoms with E-state index >= 15 is 0 Å². The Bertz CT molecular complexity index is 66.1. The van der Waals surface area contributed by atoms with Crippen LogP contribution in [0.1, 0.15) is 6.92 Å². The molecule has 2 nitrogen and oxygen atoms in total. The van der Waals surface area contributed by atoms with Gasteiger partial charge in [0.05, 0.1) is 6.26 Å². The first-order valence-electron chi connectivity index (χ1n) is 2.09.